The van der Waals surface area contributed by atoms with Crippen molar-refractivity contribution >= 4 is 0 Å². The van der Waals surface area contributed by atoms with Crippen LogP contribution in [0.3, 0.4) is 0 Å². The molecule has 1 rings (SSSR count). The lowest BCUT2D eigenvalue weighted by atomic mass is 9.75. The van der Waals surface area contributed by atoms with Gasteiger partial charge in [0.25, 0.3) is 0 Å². The van der Waals surface area contributed by atoms with Crippen LogP contribution in [-0.2, 0) is 0 Å². The van der Waals surface area contributed by atoms with Crippen LogP contribution in [0.1, 0.15) is 59.8 Å². The van der Waals surface area contributed by atoms with Crippen LogP contribution in [0.5, 0.6) is 0 Å². The minimum atomic E-state index is -0.181. The number of rotatable bonds is 5. The Balaban J connectivity index is 2.20. The standard InChI is InChI=1S/C14H29NO/c1-5-11(2)13(16)10-15-12-6-8-14(3,4)9-7-12/h11-13,15-16H,5-10H2,1-4H3. The first-order valence-corrected chi connectivity index (χ1v) is 6.86. The third-order valence-electron chi connectivity index (χ3n) is 4.26. The Hall–Kier alpha value is -0.0800. The molecule has 2 nitrogen and oxygen atoms in total. The molecule has 0 aromatic carbocycles. The molecule has 1 aliphatic carbocycles. The predicted octanol–water partition coefficient (Wildman–Crippen LogP) is 2.95. The molecule has 0 radical (unpaired) electrons. The number of aliphatic hydroxyl groups excluding tert-OH is 1. The van der Waals surface area contributed by atoms with E-state index < -0.39 is 0 Å². The molecule has 96 valence electrons. The van der Waals surface area contributed by atoms with Crippen LogP contribution in [0.25, 0.3) is 0 Å². The van der Waals surface area contributed by atoms with E-state index in [0.29, 0.717) is 17.4 Å². The van der Waals surface area contributed by atoms with Crippen LogP contribution >= 0.6 is 0 Å². The van der Waals surface area contributed by atoms with Gasteiger partial charge < -0.3 is 10.4 Å². The summed E-state index contributed by atoms with van der Waals surface area (Å²) in [7, 11) is 0. The average molecular weight is 227 g/mol. The molecule has 0 aliphatic heterocycles. The van der Waals surface area contributed by atoms with Crippen molar-refractivity contribution in [2.75, 3.05) is 6.54 Å². The molecule has 0 amide bonds. The Morgan fingerprint density at radius 2 is 1.88 bits per heavy atom. The first-order chi connectivity index (χ1) is 7.44. The molecule has 2 atom stereocenters. The van der Waals surface area contributed by atoms with E-state index in [-0.39, 0.29) is 6.10 Å². The van der Waals surface area contributed by atoms with Gasteiger partial charge in [0, 0.05) is 12.6 Å². The summed E-state index contributed by atoms with van der Waals surface area (Å²) in [4.78, 5) is 0. The van der Waals surface area contributed by atoms with Crippen molar-refractivity contribution in [2.45, 2.75) is 71.9 Å². The maximum absolute atomic E-state index is 9.89. The van der Waals surface area contributed by atoms with Gasteiger partial charge in [0.15, 0.2) is 0 Å². The average Bonchev–Trinajstić information content (AvgIpc) is 2.26. The minimum absolute atomic E-state index is 0.181. The topological polar surface area (TPSA) is 32.3 Å². The van der Waals surface area contributed by atoms with E-state index in [1.807, 2.05) is 0 Å². The highest BCUT2D eigenvalue weighted by molar-refractivity contribution is 4.82. The Morgan fingerprint density at radius 1 is 1.31 bits per heavy atom. The van der Waals surface area contributed by atoms with Crippen molar-refractivity contribution in [1.82, 2.24) is 5.32 Å². The van der Waals surface area contributed by atoms with Crippen molar-refractivity contribution in [3.63, 3.8) is 0 Å². The van der Waals surface area contributed by atoms with Crippen LogP contribution in [0.2, 0.25) is 0 Å². The van der Waals surface area contributed by atoms with E-state index in [2.05, 4.69) is 33.0 Å². The lowest BCUT2D eigenvalue weighted by Crippen LogP contribution is -2.41. The second-order valence-corrected chi connectivity index (χ2v) is 6.30. The van der Waals surface area contributed by atoms with E-state index in [1.165, 1.54) is 25.7 Å². The first-order valence-electron chi connectivity index (χ1n) is 6.86. The third-order valence-corrected chi connectivity index (χ3v) is 4.26. The van der Waals surface area contributed by atoms with Crippen LogP contribution in [0.4, 0.5) is 0 Å². The van der Waals surface area contributed by atoms with Crippen molar-refractivity contribution in [3.05, 3.63) is 0 Å². The van der Waals surface area contributed by atoms with Crippen molar-refractivity contribution in [3.8, 4) is 0 Å². The summed E-state index contributed by atoms with van der Waals surface area (Å²) in [6.07, 6.45) is 6.02. The molecule has 0 heterocycles. The fraction of sp³-hybridized carbons (Fsp3) is 1.00. The van der Waals surface area contributed by atoms with Crippen molar-refractivity contribution in [2.24, 2.45) is 11.3 Å². The van der Waals surface area contributed by atoms with E-state index in [9.17, 15) is 5.11 Å². The Bertz CT molecular complexity index is 193. The second kappa shape index (κ2) is 6.02. The highest BCUT2D eigenvalue weighted by Gasteiger charge is 2.26. The lowest BCUT2D eigenvalue weighted by molar-refractivity contribution is 0.103. The van der Waals surface area contributed by atoms with Crippen LogP contribution in [0.15, 0.2) is 0 Å². The summed E-state index contributed by atoms with van der Waals surface area (Å²) in [5.41, 5.74) is 0.535. The summed E-state index contributed by atoms with van der Waals surface area (Å²) in [5.74, 6) is 0.410. The zero-order valence-corrected chi connectivity index (χ0v) is 11.4. The first kappa shape index (κ1) is 14.0. The molecule has 2 N–H and O–H groups in total. The van der Waals surface area contributed by atoms with Gasteiger partial charge in [0.2, 0.25) is 0 Å². The lowest BCUT2D eigenvalue weighted by Gasteiger charge is -2.35. The van der Waals surface area contributed by atoms with Gasteiger partial charge >= 0.3 is 0 Å². The fourth-order valence-corrected chi connectivity index (χ4v) is 2.36. The third kappa shape index (κ3) is 4.42. The van der Waals surface area contributed by atoms with Crippen molar-refractivity contribution in [1.29, 1.82) is 0 Å². The smallest absolute Gasteiger partial charge is 0.0690 e. The highest BCUT2D eigenvalue weighted by atomic mass is 16.3. The molecule has 0 bridgehead atoms. The van der Waals surface area contributed by atoms with Gasteiger partial charge in [-0.2, -0.15) is 0 Å². The number of hydrogen-bond acceptors (Lipinski definition) is 2. The van der Waals surface area contributed by atoms with Crippen LogP contribution < -0.4 is 5.32 Å². The molecular weight excluding hydrogens is 198 g/mol. The number of aliphatic hydroxyl groups is 1. The van der Waals surface area contributed by atoms with Gasteiger partial charge in [-0.25, -0.2) is 0 Å². The SMILES string of the molecule is CCC(C)C(O)CNC1CCC(C)(C)CC1. The molecule has 1 fully saturated rings. The largest absolute Gasteiger partial charge is 0.392 e. The monoisotopic (exact) mass is 227 g/mol. The summed E-state index contributed by atoms with van der Waals surface area (Å²) in [6, 6.07) is 0.631. The number of hydrogen-bond donors (Lipinski definition) is 2. The molecule has 0 aromatic heterocycles. The maximum Gasteiger partial charge on any atom is 0.0690 e. The molecular formula is C14H29NO. The maximum atomic E-state index is 9.89. The summed E-state index contributed by atoms with van der Waals surface area (Å²) in [6.45, 7) is 9.74. The van der Waals surface area contributed by atoms with E-state index in [4.69, 9.17) is 0 Å². The van der Waals surface area contributed by atoms with E-state index in [0.717, 1.165) is 13.0 Å². The molecule has 2 unspecified atom stereocenters. The minimum Gasteiger partial charge on any atom is -0.392 e. The summed E-state index contributed by atoms with van der Waals surface area (Å²) in [5, 5.41) is 13.4. The van der Waals surface area contributed by atoms with Gasteiger partial charge in [-0.3, -0.25) is 0 Å². The fourth-order valence-electron chi connectivity index (χ4n) is 2.36. The molecule has 0 aromatic rings. The van der Waals surface area contributed by atoms with E-state index >= 15 is 0 Å². The zero-order chi connectivity index (χ0) is 12.2. The molecule has 0 spiro atoms. The van der Waals surface area contributed by atoms with Gasteiger partial charge in [-0.15, -0.1) is 0 Å². The Morgan fingerprint density at radius 3 is 2.38 bits per heavy atom. The molecule has 2 heteroatoms. The van der Waals surface area contributed by atoms with Gasteiger partial charge in [0.05, 0.1) is 6.10 Å². The molecule has 1 aliphatic rings. The second-order valence-electron chi connectivity index (χ2n) is 6.30. The quantitative estimate of drug-likeness (QED) is 0.757. The van der Waals surface area contributed by atoms with Gasteiger partial charge in [-0.05, 0) is 37.0 Å². The predicted molar refractivity (Wildman–Crippen MR) is 69.5 cm³/mol. The highest BCUT2D eigenvalue weighted by Crippen LogP contribution is 2.34. The molecule has 0 saturated heterocycles. The normalized spacial score (nSPS) is 25.3. The Kier molecular flexibility index (Phi) is 5.26. The molecule has 1 saturated carbocycles. The van der Waals surface area contributed by atoms with Gasteiger partial charge in [0.1, 0.15) is 0 Å². The summed E-state index contributed by atoms with van der Waals surface area (Å²) < 4.78 is 0. The van der Waals surface area contributed by atoms with Gasteiger partial charge in [-0.1, -0.05) is 34.1 Å². The van der Waals surface area contributed by atoms with Crippen LogP contribution in [0, 0.1) is 11.3 Å². The Labute approximate surface area is 101 Å². The molecule has 16 heavy (non-hydrogen) atoms. The van der Waals surface area contributed by atoms with E-state index in [1.54, 1.807) is 0 Å². The van der Waals surface area contributed by atoms with Crippen LogP contribution in [-0.4, -0.2) is 23.8 Å². The summed E-state index contributed by atoms with van der Waals surface area (Å²) >= 11 is 0. The van der Waals surface area contributed by atoms with Crippen molar-refractivity contribution < 1.29 is 5.11 Å². The number of nitrogens with one attached hydrogen (secondary N) is 1. The zero-order valence-electron chi connectivity index (χ0n) is 11.4.